The lowest BCUT2D eigenvalue weighted by atomic mass is 10.1. The van der Waals surface area contributed by atoms with Gasteiger partial charge in [0.15, 0.2) is 0 Å². The molecule has 0 aliphatic carbocycles. The van der Waals surface area contributed by atoms with Gasteiger partial charge in [0.05, 0.1) is 18.5 Å². The van der Waals surface area contributed by atoms with Gasteiger partial charge in [-0.25, -0.2) is 0 Å². The molecule has 0 atom stereocenters. The van der Waals surface area contributed by atoms with Gasteiger partial charge in [0, 0.05) is 18.7 Å². The summed E-state index contributed by atoms with van der Waals surface area (Å²) in [6.07, 6.45) is 2.40. The standard InChI is InChI=1S/C16H18N4O3S/c1-10-15(24-19-18-10)16(22)17-11-6-7-13(23-2)12(9-11)20-8-4-3-5-14(20)21/h6-7,9H,3-5,8H2,1-2H3,(H,17,22). The molecule has 7 nitrogen and oxygen atoms in total. The molecule has 0 radical (unpaired) electrons. The van der Waals surface area contributed by atoms with Gasteiger partial charge in [0.25, 0.3) is 5.91 Å². The molecule has 0 spiro atoms. The Bertz CT molecular complexity index is 774. The highest BCUT2D eigenvalue weighted by Gasteiger charge is 2.23. The van der Waals surface area contributed by atoms with E-state index in [2.05, 4.69) is 14.9 Å². The van der Waals surface area contributed by atoms with Crippen LogP contribution in [-0.4, -0.2) is 35.1 Å². The van der Waals surface area contributed by atoms with Gasteiger partial charge in [0.1, 0.15) is 10.6 Å². The number of benzene rings is 1. The van der Waals surface area contributed by atoms with E-state index in [9.17, 15) is 9.59 Å². The molecular weight excluding hydrogens is 328 g/mol. The molecule has 2 aromatic rings. The highest BCUT2D eigenvalue weighted by molar-refractivity contribution is 7.08. The third-order valence-corrected chi connectivity index (χ3v) is 4.74. The highest BCUT2D eigenvalue weighted by Crippen LogP contribution is 2.33. The number of piperidine rings is 1. The molecule has 0 bridgehead atoms. The number of amides is 2. The summed E-state index contributed by atoms with van der Waals surface area (Å²) in [5.41, 5.74) is 1.87. The predicted octanol–water partition coefficient (Wildman–Crippen LogP) is 2.62. The van der Waals surface area contributed by atoms with Crippen molar-refractivity contribution in [3.05, 3.63) is 28.8 Å². The van der Waals surface area contributed by atoms with Gasteiger partial charge in [-0.15, -0.1) is 5.10 Å². The first-order valence-electron chi connectivity index (χ1n) is 7.69. The molecule has 1 saturated heterocycles. The molecule has 1 N–H and O–H groups in total. The van der Waals surface area contributed by atoms with E-state index in [-0.39, 0.29) is 11.8 Å². The van der Waals surface area contributed by atoms with Gasteiger partial charge < -0.3 is 15.0 Å². The topological polar surface area (TPSA) is 84.4 Å². The summed E-state index contributed by atoms with van der Waals surface area (Å²) in [7, 11) is 1.57. The summed E-state index contributed by atoms with van der Waals surface area (Å²) in [5, 5.41) is 6.67. The van der Waals surface area contributed by atoms with E-state index < -0.39 is 0 Å². The summed E-state index contributed by atoms with van der Waals surface area (Å²) in [6.45, 7) is 2.40. The molecule has 24 heavy (non-hydrogen) atoms. The van der Waals surface area contributed by atoms with Gasteiger partial charge in [-0.05, 0) is 49.5 Å². The van der Waals surface area contributed by atoms with Crippen LogP contribution in [0.4, 0.5) is 11.4 Å². The summed E-state index contributed by atoms with van der Waals surface area (Å²) >= 11 is 1.05. The molecule has 3 rings (SSSR count). The van der Waals surface area contributed by atoms with Crippen LogP contribution in [0.2, 0.25) is 0 Å². The number of hydrogen-bond donors (Lipinski definition) is 1. The molecule has 126 valence electrons. The van der Waals surface area contributed by atoms with E-state index in [0.29, 0.717) is 40.7 Å². The van der Waals surface area contributed by atoms with Crippen LogP contribution in [0, 0.1) is 6.92 Å². The first kappa shape index (κ1) is 16.4. The van der Waals surface area contributed by atoms with Crippen LogP contribution in [0.1, 0.15) is 34.6 Å². The van der Waals surface area contributed by atoms with E-state index in [4.69, 9.17) is 4.74 Å². The number of nitrogens with zero attached hydrogens (tertiary/aromatic N) is 3. The van der Waals surface area contributed by atoms with Crippen LogP contribution >= 0.6 is 11.5 Å². The number of methoxy groups -OCH3 is 1. The van der Waals surface area contributed by atoms with Crippen LogP contribution in [0.3, 0.4) is 0 Å². The highest BCUT2D eigenvalue weighted by atomic mass is 32.1. The maximum Gasteiger partial charge on any atom is 0.269 e. The van der Waals surface area contributed by atoms with E-state index in [0.717, 1.165) is 24.4 Å². The summed E-state index contributed by atoms with van der Waals surface area (Å²) in [4.78, 5) is 26.7. The van der Waals surface area contributed by atoms with E-state index in [1.165, 1.54) is 0 Å². The van der Waals surface area contributed by atoms with Crippen molar-refractivity contribution in [1.29, 1.82) is 0 Å². The zero-order valence-electron chi connectivity index (χ0n) is 13.5. The van der Waals surface area contributed by atoms with Crippen molar-refractivity contribution in [3.8, 4) is 5.75 Å². The van der Waals surface area contributed by atoms with Gasteiger partial charge in [-0.3, -0.25) is 9.59 Å². The third kappa shape index (κ3) is 3.23. The first-order valence-corrected chi connectivity index (χ1v) is 8.46. The van der Waals surface area contributed by atoms with Crippen molar-refractivity contribution in [3.63, 3.8) is 0 Å². The monoisotopic (exact) mass is 346 g/mol. The molecule has 1 aliphatic heterocycles. The minimum atomic E-state index is -0.261. The molecule has 1 aromatic carbocycles. The Morgan fingerprint density at radius 3 is 2.88 bits per heavy atom. The minimum Gasteiger partial charge on any atom is -0.495 e. The second-order valence-electron chi connectivity index (χ2n) is 5.53. The van der Waals surface area contributed by atoms with Crippen LogP contribution in [0.15, 0.2) is 18.2 Å². The molecule has 1 aromatic heterocycles. The average Bonchev–Trinajstić information content (AvgIpc) is 3.01. The van der Waals surface area contributed by atoms with Crippen LogP contribution in [-0.2, 0) is 4.79 Å². The fraction of sp³-hybridized carbons (Fsp3) is 0.375. The molecule has 1 fully saturated rings. The molecule has 2 amide bonds. The summed E-state index contributed by atoms with van der Waals surface area (Å²) < 4.78 is 9.14. The zero-order chi connectivity index (χ0) is 17.1. The fourth-order valence-electron chi connectivity index (χ4n) is 2.67. The lowest BCUT2D eigenvalue weighted by Gasteiger charge is -2.28. The number of nitrogens with one attached hydrogen (secondary N) is 1. The largest absolute Gasteiger partial charge is 0.495 e. The van der Waals surface area contributed by atoms with E-state index in [1.807, 2.05) is 0 Å². The Morgan fingerprint density at radius 1 is 1.38 bits per heavy atom. The van der Waals surface area contributed by atoms with Crippen molar-refractivity contribution < 1.29 is 14.3 Å². The lowest BCUT2D eigenvalue weighted by molar-refractivity contribution is -0.119. The van der Waals surface area contributed by atoms with E-state index >= 15 is 0 Å². The van der Waals surface area contributed by atoms with Crippen LogP contribution < -0.4 is 15.0 Å². The predicted molar refractivity (Wildman–Crippen MR) is 91.8 cm³/mol. The Balaban J connectivity index is 1.87. The van der Waals surface area contributed by atoms with Gasteiger partial charge in [-0.1, -0.05) is 4.49 Å². The third-order valence-electron chi connectivity index (χ3n) is 3.91. The number of carbonyl (C=O) groups is 2. The Hall–Kier alpha value is -2.48. The summed E-state index contributed by atoms with van der Waals surface area (Å²) in [5.74, 6) is 0.424. The minimum absolute atomic E-state index is 0.0746. The Labute approximate surface area is 143 Å². The zero-order valence-corrected chi connectivity index (χ0v) is 14.4. The second-order valence-corrected chi connectivity index (χ2v) is 6.28. The van der Waals surface area contributed by atoms with Crippen LogP contribution in [0.25, 0.3) is 0 Å². The number of carbonyl (C=O) groups excluding carboxylic acids is 2. The molecule has 2 heterocycles. The van der Waals surface area contributed by atoms with E-state index in [1.54, 1.807) is 37.1 Å². The maximum atomic E-state index is 12.3. The first-order chi connectivity index (χ1) is 11.6. The number of aryl methyl sites for hydroxylation is 1. The van der Waals surface area contributed by atoms with Crippen molar-refractivity contribution >= 4 is 34.7 Å². The number of hydrogen-bond acceptors (Lipinski definition) is 6. The molecule has 1 aliphatic rings. The lowest BCUT2D eigenvalue weighted by Crippen LogP contribution is -2.35. The number of anilines is 2. The molecule has 8 heteroatoms. The van der Waals surface area contributed by atoms with Gasteiger partial charge in [-0.2, -0.15) is 0 Å². The normalized spacial score (nSPS) is 14.6. The smallest absolute Gasteiger partial charge is 0.269 e. The maximum absolute atomic E-state index is 12.3. The quantitative estimate of drug-likeness (QED) is 0.920. The van der Waals surface area contributed by atoms with Crippen LogP contribution in [0.5, 0.6) is 5.75 Å². The Morgan fingerprint density at radius 2 is 2.21 bits per heavy atom. The second kappa shape index (κ2) is 6.96. The molecular formula is C16H18N4O3S. The van der Waals surface area contributed by atoms with Crippen molar-refractivity contribution in [2.45, 2.75) is 26.2 Å². The fourth-order valence-corrected chi connectivity index (χ4v) is 3.22. The molecule has 0 unspecified atom stereocenters. The Kier molecular flexibility index (Phi) is 4.75. The number of ether oxygens (including phenoxy) is 1. The number of aromatic nitrogens is 2. The summed E-state index contributed by atoms with van der Waals surface area (Å²) in [6, 6.07) is 5.27. The SMILES string of the molecule is COc1ccc(NC(=O)c2snnc2C)cc1N1CCCCC1=O. The van der Waals surface area contributed by atoms with Crippen molar-refractivity contribution in [2.75, 3.05) is 23.9 Å². The number of rotatable bonds is 4. The average molecular weight is 346 g/mol. The van der Waals surface area contributed by atoms with Crippen molar-refractivity contribution in [2.24, 2.45) is 0 Å². The van der Waals surface area contributed by atoms with Gasteiger partial charge >= 0.3 is 0 Å². The molecule has 0 saturated carbocycles. The van der Waals surface area contributed by atoms with Gasteiger partial charge in [0.2, 0.25) is 5.91 Å². The van der Waals surface area contributed by atoms with Crippen molar-refractivity contribution in [1.82, 2.24) is 9.59 Å².